The lowest BCUT2D eigenvalue weighted by atomic mass is 9.96. The van der Waals surface area contributed by atoms with Gasteiger partial charge < -0.3 is 14.8 Å². The quantitative estimate of drug-likeness (QED) is 0.648. The van der Waals surface area contributed by atoms with Crippen LogP contribution in [-0.4, -0.2) is 53.9 Å². The molecule has 0 atom stereocenters. The van der Waals surface area contributed by atoms with E-state index in [4.69, 9.17) is 0 Å². The minimum absolute atomic E-state index is 0.0422. The monoisotopic (exact) mass is 429 g/mol. The van der Waals surface area contributed by atoms with Gasteiger partial charge in [0, 0.05) is 32.1 Å². The first-order valence-electron chi connectivity index (χ1n) is 10.6. The third-order valence-electron chi connectivity index (χ3n) is 6.16. The maximum atomic E-state index is 13.9. The number of piperidine rings is 1. The summed E-state index contributed by atoms with van der Waals surface area (Å²) in [4.78, 5) is 14.5. The molecule has 31 heavy (non-hydrogen) atoms. The van der Waals surface area contributed by atoms with Crippen LogP contribution >= 0.6 is 0 Å². The predicted octanol–water partition coefficient (Wildman–Crippen LogP) is 4.27. The highest BCUT2D eigenvalue weighted by Gasteiger charge is 2.58. The molecule has 2 fully saturated rings. The summed E-state index contributed by atoms with van der Waals surface area (Å²) < 4.78 is 29.8. The molecule has 0 bridgehead atoms. The van der Waals surface area contributed by atoms with Gasteiger partial charge in [-0.25, -0.2) is 13.6 Å². The Morgan fingerprint density at radius 2 is 2.10 bits per heavy atom. The number of rotatable bonds is 4. The largest absolute Gasteiger partial charge is 0.346 e. The van der Waals surface area contributed by atoms with Crippen molar-refractivity contribution in [2.45, 2.75) is 57.5 Å². The number of halogens is 2. The number of nitrogens with one attached hydrogen (secondary N) is 2. The SMILES string of the molecule is CC(C)Cn1ccc2nnc(-c3[nH]ncc3NC(=O)N3CCC(F)(F)CC34CC4)cc21. The summed E-state index contributed by atoms with van der Waals surface area (Å²) in [5.74, 6) is -2.23. The van der Waals surface area contributed by atoms with Gasteiger partial charge in [-0.15, -0.1) is 10.2 Å². The topological polar surface area (TPSA) is 91.7 Å². The molecule has 10 heteroatoms. The summed E-state index contributed by atoms with van der Waals surface area (Å²) in [7, 11) is 0. The number of aromatic amines is 1. The maximum Gasteiger partial charge on any atom is 0.322 e. The van der Waals surface area contributed by atoms with Gasteiger partial charge in [-0.2, -0.15) is 5.10 Å². The number of urea groups is 1. The average molecular weight is 429 g/mol. The van der Waals surface area contributed by atoms with Crippen molar-refractivity contribution in [3.05, 3.63) is 24.5 Å². The molecule has 0 aromatic carbocycles. The Kier molecular flexibility index (Phi) is 4.49. The lowest BCUT2D eigenvalue weighted by Crippen LogP contribution is -2.52. The third-order valence-corrected chi connectivity index (χ3v) is 6.16. The average Bonchev–Trinajstić information content (AvgIpc) is 3.10. The van der Waals surface area contributed by atoms with Crippen molar-refractivity contribution in [2.24, 2.45) is 5.92 Å². The van der Waals surface area contributed by atoms with Gasteiger partial charge in [-0.1, -0.05) is 13.8 Å². The van der Waals surface area contributed by atoms with Crippen LogP contribution in [0.5, 0.6) is 0 Å². The number of alkyl halides is 2. The number of hydrogen-bond acceptors (Lipinski definition) is 4. The molecule has 5 rings (SSSR count). The number of amides is 2. The minimum Gasteiger partial charge on any atom is -0.346 e. The molecule has 3 aromatic heterocycles. The summed E-state index contributed by atoms with van der Waals surface area (Å²) >= 11 is 0. The van der Waals surface area contributed by atoms with Gasteiger partial charge in [0.15, 0.2) is 0 Å². The van der Waals surface area contributed by atoms with E-state index in [1.807, 2.05) is 18.3 Å². The first kappa shape index (κ1) is 19.9. The van der Waals surface area contributed by atoms with Crippen LogP contribution in [0.2, 0.25) is 0 Å². The van der Waals surface area contributed by atoms with E-state index in [9.17, 15) is 13.6 Å². The summed E-state index contributed by atoms with van der Waals surface area (Å²) in [6.45, 7) is 5.18. The zero-order valence-electron chi connectivity index (χ0n) is 17.5. The van der Waals surface area contributed by atoms with Crippen LogP contribution in [-0.2, 0) is 6.54 Å². The van der Waals surface area contributed by atoms with Gasteiger partial charge in [-0.05, 0) is 30.9 Å². The molecule has 1 spiro atoms. The van der Waals surface area contributed by atoms with Crippen LogP contribution in [0.15, 0.2) is 24.5 Å². The molecule has 0 radical (unpaired) electrons. The highest BCUT2D eigenvalue weighted by Crippen LogP contribution is 2.52. The zero-order chi connectivity index (χ0) is 21.8. The molecule has 164 valence electrons. The number of H-pyrrole nitrogens is 1. The molecule has 1 saturated carbocycles. The van der Waals surface area contributed by atoms with Crippen molar-refractivity contribution in [3.8, 4) is 11.4 Å². The molecule has 1 saturated heterocycles. The number of carbonyl (C=O) groups is 1. The Hall–Kier alpha value is -3.04. The van der Waals surface area contributed by atoms with Crippen LogP contribution in [0.1, 0.15) is 39.5 Å². The number of likely N-dealkylation sites (tertiary alicyclic amines) is 1. The van der Waals surface area contributed by atoms with Crippen molar-refractivity contribution in [2.75, 3.05) is 11.9 Å². The standard InChI is InChI=1S/C21H25F2N7O/c1-13(2)11-29-7-3-14-17(29)9-15(27-26-14)18-16(10-24-28-18)25-19(31)30-8-6-21(22,23)12-20(30)4-5-20/h3,7,9-10,13H,4-6,8,11-12H2,1-2H3,(H,24,28)(H,25,31). The van der Waals surface area contributed by atoms with E-state index in [-0.39, 0.29) is 25.4 Å². The maximum absolute atomic E-state index is 13.9. The van der Waals surface area contributed by atoms with Crippen LogP contribution in [0.4, 0.5) is 19.3 Å². The van der Waals surface area contributed by atoms with Gasteiger partial charge >= 0.3 is 6.03 Å². The highest BCUT2D eigenvalue weighted by molar-refractivity contribution is 5.94. The Morgan fingerprint density at radius 3 is 2.84 bits per heavy atom. The molecular formula is C21H25F2N7O. The number of hydrogen-bond donors (Lipinski definition) is 2. The molecule has 1 aliphatic heterocycles. The Balaban J connectivity index is 1.40. The van der Waals surface area contributed by atoms with Gasteiger partial charge in [0.25, 0.3) is 5.92 Å². The summed E-state index contributed by atoms with van der Waals surface area (Å²) in [5, 5.41) is 18.4. The lowest BCUT2D eigenvalue weighted by molar-refractivity contribution is -0.0726. The summed E-state index contributed by atoms with van der Waals surface area (Å²) in [5.41, 5.74) is 2.56. The highest BCUT2D eigenvalue weighted by atomic mass is 19.3. The van der Waals surface area contributed by atoms with E-state index in [0.717, 1.165) is 17.6 Å². The Labute approximate surface area is 178 Å². The molecule has 1 aliphatic carbocycles. The second-order valence-electron chi connectivity index (χ2n) is 9.11. The van der Waals surface area contributed by atoms with E-state index in [1.54, 1.807) is 4.90 Å². The van der Waals surface area contributed by atoms with Crippen molar-refractivity contribution in [1.29, 1.82) is 0 Å². The number of carbonyl (C=O) groups excluding carboxylic acids is 1. The molecule has 4 heterocycles. The predicted molar refractivity (Wildman–Crippen MR) is 112 cm³/mol. The molecule has 8 nitrogen and oxygen atoms in total. The molecule has 2 aliphatic rings. The molecule has 2 N–H and O–H groups in total. The summed E-state index contributed by atoms with van der Waals surface area (Å²) in [6, 6.07) is 3.45. The number of fused-ring (bicyclic) bond motifs is 1. The Bertz CT molecular complexity index is 1130. The smallest absolute Gasteiger partial charge is 0.322 e. The van der Waals surface area contributed by atoms with Crippen molar-refractivity contribution in [3.63, 3.8) is 0 Å². The van der Waals surface area contributed by atoms with Crippen molar-refractivity contribution < 1.29 is 13.6 Å². The fourth-order valence-electron chi connectivity index (χ4n) is 4.50. The fraction of sp³-hybridized carbons (Fsp3) is 0.524. The third kappa shape index (κ3) is 3.64. The normalized spacial score (nSPS) is 19.3. The molecule has 3 aromatic rings. The van der Waals surface area contributed by atoms with Crippen LogP contribution in [0.3, 0.4) is 0 Å². The molecular weight excluding hydrogens is 404 g/mol. The Morgan fingerprint density at radius 1 is 1.29 bits per heavy atom. The van der Waals surface area contributed by atoms with E-state index >= 15 is 0 Å². The van der Waals surface area contributed by atoms with E-state index in [1.165, 1.54) is 6.20 Å². The first-order chi connectivity index (χ1) is 14.8. The van der Waals surface area contributed by atoms with Gasteiger partial charge in [-0.3, -0.25) is 5.10 Å². The zero-order valence-corrected chi connectivity index (χ0v) is 17.5. The first-order valence-corrected chi connectivity index (χ1v) is 10.6. The van der Waals surface area contributed by atoms with Crippen LogP contribution < -0.4 is 5.32 Å². The minimum atomic E-state index is -2.70. The number of anilines is 1. The second-order valence-corrected chi connectivity index (χ2v) is 9.11. The summed E-state index contributed by atoms with van der Waals surface area (Å²) in [6.07, 6.45) is 4.15. The van der Waals surface area contributed by atoms with Crippen molar-refractivity contribution in [1.82, 2.24) is 29.9 Å². The molecule has 0 unspecified atom stereocenters. The lowest BCUT2D eigenvalue weighted by Gasteiger charge is -2.39. The van der Waals surface area contributed by atoms with Crippen LogP contribution in [0, 0.1) is 5.92 Å². The van der Waals surface area contributed by atoms with E-state index in [0.29, 0.717) is 35.8 Å². The van der Waals surface area contributed by atoms with E-state index < -0.39 is 11.5 Å². The molecule has 2 amide bonds. The van der Waals surface area contributed by atoms with E-state index in [2.05, 4.69) is 44.1 Å². The van der Waals surface area contributed by atoms with Gasteiger partial charge in [0.1, 0.15) is 16.9 Å². The van der Waals surface area contributed by atoms with Gasteiger partial charge in [0.2, 0.25) is 0 Å². The van der Waals surface area contributed by atoms with Crippen molar-refractivity contribution >= 4 is 22.8 Å². The number of aromatic nitrogens is 5. The second kappa shape index (κ2) is 7.00. The fourth-order valence-corrected chi connectivity index (χ4v) is 4.50. The van der Waals surface area contributed by atoms with Crippen LogP contribution in [0.25, 0.3) is 22.4 Å². The number of nitrogens with zero attached hydrogens (tertiary/aromatic N) is 5. The van der Waals surface area contributed by atoms with Gasteiger partial charge in [0.05, 0.1) is 22.9 Å².